The van der Waals surface area contributed by atoms with Crippen LogP contribution in [0.4, 0.5) is 0 Å². The van der Waals surface area contributed by atoms with Gasteiger partial charge in [-0.15, -0.1) is 0 Å². The lowest BCUT2D eigenvalue weighted by Gasteiger charge is -2.17. The van der Waals surface area contributed by atoms with E-state index in [0.29, 0.717) is 11.7 Å². The van der Waals surface area contributed by atoms with E-state index < -0.39 is 0 Å². The molecule has 1 unspecified atom stereocenters. The number of hydrogen-bond donors (Lipinski definition) is 0. The Kier molecular flexibility index (Phi) is 9.50. The number of allylic oxidation sites excluding steroid dienone is 1. The van der Waals surface area contributed by atoms with Crippen molar-refractivity contribution >= 4 is 49.5 Å². The minimum Gasteiger partial charge on any atom is -0.460 e. The van der Waals surface area contributed by atoms with Gasteiger partial charge in [0, 0.05) is 61.3 Å². The van der Waals surface area contributed by atoms with Crippen LogP contribution in [0.1, 0.15) is 18.2 Å². The second kappa shape index (κ2) is 16.3. The van der Waals surface area contributed by atoms with Crippen molar-refractivity contribution in [3.8, 4) is 78.5 Å². The van der Waals surface area contributed by atoms with Crippen molar-refractivity contribution in [2.24, 2.45) is 5.92 Å². The lowest BCUT2D eigenvalue weighted by Crippen LogP contribution is -2.00. The van der Waals surface area contributed by atoms with Crippen LogP contribution in [0.5, 0.6) is 0 Å². The molecule has 0 fully saturated rings. The molecule has 0 N–H and O–H groups in total. The molecule has 4 nitrogen and oxygen atoms in total. The van der Waals surface area contributed by atoms with Gasteiger partial charge < -0.3 is 4.42 Å². The highest BCUT2D eigenvalue weighted by molar-refractivity contribution is 6.25. The Bertz CT molecular complexity index is 3930. The quantitative estimate of drug-likeness (QED) is 0.150. The smallest absolute Gasteiger partial charge is 0.160 e. The predicted molar refractivity (Wildman–Crippen MR) is 282 cm³/mol. The average Bonchev–Trinajstić information content (AvgIpc) is 3.77. The maximum atomic E-state index is 6.87. The van der Waals surface area contributed by atoms with E-state index in [1.54, 1.807) is 0 Å². The second-order valence-corrected chi connectivity index (χ2v) is 17.9. The summed E-state index contributed by atoms with van der Waals surface area (Å²) < 4.78 is 6.87. The highest BCUT2D eigenvalue weighted by atomic mass is 16.3. The van der Waals surface area contributed by atoms with E-state index in [4.69, 9.17) is 19.4 Å². The molecular weight excluding hydrogens is 827 g/mol. The molecule has 68 heavy (non-hydrogen) atoms. The van der Waals surface area contributed by atoms with E-state index in [-0.39, 0.29) is 0 Å². The topological polar surface area (TPSA) is 51.8 Å². The molecule has 9 aromatic carbocycles. The minimum atomic E-state index is 0.397. The summed E-state index contributed by atoms with van der Waals surface area (Å²) in [7, 11) is 0. The lowest BCUT2D eigenvalue weighted by molar-refractivity contribution is 0.513. The second-order valence-electron chi connectivity index (χ2n) is 17.9. The van der Waals surface area contributed by atoms with Crippen LogP contribution in [-0.2, 0) is 6.42 Å². The monoisotopic (exact) mass is 869 g/mol. The third-order valence-corrected chi connectivity index (χ3v) is 13.6. The Morgan fingerprint density at radius 2 is 1.01 bits per heavy atom. The van der Waals surface area contributed by atoms with Crippen LogP contribution in [0.3, 0.4) is 0 Å². The van der Waals surface area contributed by atoms with Gasteiger partial charge in [-0.2, -0.15) is 0 Å². The van der Waals surface area contributed by atoms with Gasteiger partial charge in [0.1, 0.15) is 11.3 Å². The molecule has 3 aromatic heterocycles. The summed E-state index contributed by atoms with van der Waals surface area (Å²) in [4.78, 5) is 15.8. The molecule has 13 rings (SSSR count). The van der Waals surface area contributed by atoms with Crippen molar-refractivity contribution in [2.75, 3.05) is 0 Å². The van der Waals surface area contributed by atoms with Crippen LogP contribution in [0.25, 0.3) is 128 Å². The van der Waals surface area contributed by atoms with E-state index in [2.05, 4.69) is 219 Å². The molecule has 0 saturated carbocycles. The van der Waals surface area contributed by atoms with E-state index in [0.717, 1.165) is 112 Å². The summed E-state index contributed by atoms with van der Waals surface area (Å²) in [6, 6.07) is 75.2. The molecule has 0 bridgehead atoms. The Balaban J connectivity index is 0.999. The highest BCUT2D eigenvalue weighted by Crippen LogP contribution is 2.48. The van der Waals surface area contributed by atoms with Gasteiger partial charge in [0.05, 0.1) is 22.6 Å². The fourth-order valence-corrected chi connectivity index (χ4v) is 10.3. The maximum Gasteiger partial charge on any atom is 0.160 e. The largest absolute Gasteiger partial charge is 0.460 e. The van der Waals surface area contributed by atoms with Gasteiger partial charge >= 0.3 is 0 Å². The Morgan fingerprint density at radius 3 is 1.78 bits per heavy atom. The Hall–Kier alpha value is -8.73. The molecule has 0 aliphatic heterocycles. The van der Waals surface area contributed by atoms with Crippen LogP contribution in [0.15, 0.2) is 223 Å². The fourth-order valence-electron chi connectivity index (χ4n) is 10.3. The van der Waals surface area contributed by atoms with Gasteiger partial charge in [-0.3, -0.25) is 0 Å². The molecule has 4 heteroatoms. The molecule has 0 saturated heterocycles. The zero-order chi connectivity index (χ0) is 45.1. The summed E-state index contributed by atoms with van der Waals surface area (Å²) >= 11 is 0. The number of hydrogen-bond acceptors (Lipinski definition) is 4. The third kappa shape index (κ3) is 6.80. The van der Waals surface area contributed by atoms with Gasteiger partial charge in [0.25, 0.3) is 0 Å². The normalized spacial score (nSPS) is 13.4. The molecule has 320 valence electrons. The van der Waals surface area contributed by atoms with Crippen molar-refractivity contribution in [3.63, 3.8) is 0 Å². The molecule has 12 aromatic rings. The first kappa shape index (κ1) is 39.6. The standard InChI is InChI=1S/C64H43N3O/c1-40-28-33-53-58(36-40)68-59-38-54-61(52-26-13-14-27-55(52)65-63(54)44-20-9-4-10-21-44)60(62(53)59)47-23-15-22-46(37-47)48-34-35-51(50-25-12-11-24-49(48)50)57-39-56(43-18-7-3-8-19-43)66-64(67-57)45-31-29-42(30-32-45)41-16-5-2-6-17-41/h2-35,37-40H,36H2,1H3. The number of benzene rings is 9. The summed E-state index contributed by atoms with van der Waals surface area (Å²) in [5.74, 6) is 2.12. The van der Waals surface area contributed by atoms with Gasteiger partial charge in [0.2, 0.25) is 0 Å². The molecule has 0 amide bonds. The third-order valence-electron chi connectivity index (χ3n) is 13.6. The molecule has 3 heterocycles. The van der Waals surface area contributed by atoms with Crippen LogP contribution < -0.4 is 0 Å². The molecule has 0 spiro atoms. The van der Waals surface area contributed by atoms with E-state index in [1.165, 1.54) is 22.1 Å². The van der Waals surface area contributed by atoms with Gasteiger partial charge in [-0.05, 0) is 68.8 Å². The first-order valence-corrected chi connectivity index (χ1v) is 23.4. The first-order valence-electron chi connectivity index (χ1n) is 23.4. The minimum absolute atomic E-state index is 0.397. The molecular formula is C64H43N3O. The van der Waals surface area contributed by atoms with E-state index in [9.17, 15) is 0 Å². The van der Waals surface area contributed by atoms with Crippen LogP contribution in [-0.4, -0.2) is 15.0 Å². The number of fused-ring (bicyclic) bond motifs is 7. The number of nitrogens with zero attached hydrogens (tertiary/aromatic N) is 3. The highest BCUT2D eigenvalue weighted by Gasteiger charge is 2.26. The van der Waals surface area contributed by atoms with Gasteiger partial charge in [0.15, 0.2) is 5.82 Å². The summed E-state index contributed by atoms with van der Waals surface area (Å²) in [6.07, 6.45) is 5.46. The predicted octanol–water partition coefficient (Wildman–Crippen LogP) is 17.0. The van der Waals surface area contributed by atoms with Crippen LogP contribution in [0, 0.1) is 5.92 Å². The number of aromatic nitrogens is 3. The number of rotatable bonds is 7. The number of para-hydroxylation sites is 1. The van der Waals surface area contributed by atoms with Crippen molar-refractivity contribution in [1.82, 2.24) is 15.0 Å². The lowest BCUT2D eigenvalue weighted by atomic mass is 9.86. The SMILES string of the molecule is CC1C=Cc2c(oc3cc4c(-c5ccccc5)nc5ccccc5c4c(-c4cccc(-c5ccc(-c6cc(-c7ccccc7)nc(-c7ccc(-c8ccccc8)cc7)n6)c6ccccc56)c4)c23)C1. The zero-order valence-corrected chi connectivity index (χ0v) is 37.4. The summed E-state index contributed by atoms with van der Waals surface area (Å²) in [5.41, 5.74) is 16.8. The van der Waals surface area contributed by atoms with Crippen LogP contribution >= 0.6 is 0 Å². The molecule has 1 atom stereocenters. The number of pyridine rings is 1. The van der Waals surface area contributed by atoms with E-state index >= 15 is 0 Å². The van der Waals surface area contributed by atoms with Crippen molar-refractivity contribution in [2.45, 2.75) is 13.3 Å². The van der Waals surface area contributed by atoms with Gasteiger partial charge in [-0.1, -0.05) is 207 Å². The van der Waals surface area contributed by atoms with Crippen molar-refractivity contribution < 1.29 is 4.42 Å². The Labute approximate surface area is 394 Å². The summed E-state index contributed by atoms with van der Waals surface area (Å²) in [5, 5.41) is 6.79. The van der Waals surface area contributed by atoms with Crippen LogP contribution in [0.2, 0.25) is 0 Å². The molecule has 0 radical (unpaired) electrons. The maximum absolute atomic E-state index is 6.87. The average molecular weight is 870 g/mol. The zero-order valence-electron chi connectivity index (χ0n) is 37.4. The van der Waals surface area contributed by atoms with Crippen molar-refractivity contribution in [3.05, 3.63) is 230 Å². The Morgan fingerprint density at radius 1 is 0.426 bits per heavy atom. The summed E-state index contributed by atoms with van der Waals surface area (Å²) in [6.45, 7) is 2.25. The number of furan rings is 1. The van der Waals surface area contributed by atoms with E-state index in [1.807, 2.05) is 12.1 Å². The fraction of sp³-hybridized carbons (Fsp3) is 0.0469. The first-order chi connectivity index (χ1) is 33.6. The van der Waals surface area contributed by atoms with Crippen molar-refractivity contribution in [1.29, 1.82) is 0 Å². The molecule has 1 aliphatic carbocycles. The molecule has 1 aliphatic rings. The van der Waals surface area contributed by atoms with Gasteiger partial charge in [-0.25, -0.2) is 15.0 Å².